The molecular formula is C15H13N9. The van der Waals surface area contributed by atoms with Crippen LogP contribution in [0.1, 0.15) is 5.69 Å². The first-order chi connectivity index (χ1) is 11.8. The van der Waals surface area contributed by atoms with Crippen molar-refractivity contribution in [2.45, 2.75) is 6.54 Å². The summed E-state index contributed by atoms with van der Waals surface area (Å²) >= 11 is 0. The van der Waals surface area contributed by atoms with Crippen molar-refractivity contribution in [3.05, 3.63) is 42.6 Å². The van der Waals surface area contributed by atoms with Crippen LogP contribution in [0.5, 0.6) is 0 Å². The Morgan fingerprint density at radius 2 is 2.12 bits per heavy atom. The van der Waals surface area contributed by atoms with E-state index in [-0.39, 0.29) is 0 Å². The molecule has 5 heterocycles. The molecule has 0 saturated heterocycles. The number of aromatic nitrogens is 9. The zero-order valence-electron chi connectivity index (χ0n) is 12.8. The Balaban J connectivity index is 1.53. The third kappa shape index (κ3) is 1.91. The van der Waals surface area contributed by atoms with Crippen LogP contribution in [0, 0.1) is 0 Å². The third-order valence-electron chi connectivity index (χ3n) is 3.97. The topological polar surface area (TPSA) is 106 Å². The van der Waals surface area contributed by atoms with Crippen LogP contribution < -0.4 is 0 Å². The Bertz CT molecular complexity index is 1160. The highest BCUT2D eigenvalue weighted by atomic mass is 15.4. The molecular weight excluding hydrogens is 306 g/mol. The lowest BCUT2D eigenvalue weighted by atomic mass is 10.2. The van der Waals surface area contributed by atoms with Crippen LogP contribution in [-0.4, -0.2) is 44.7 Å². The highest BCUT2D eigenvalue weighted by Gasteiger charge is 2.14. The first-order valence-corrected chi connectivity index (χ1v) is 7.46. The minimum absolute atomic E-state index is 0.573. The zero-order chi connectivity index (χ0) is 16.1. The molecule has 0 amide bonds. The molecule has 0 aromatic carbocycles. The smallest absolute Gasteiger partial charge is 0.193 e. The molecule has 0 bridgehead atoms. The van der Waals surface area contributed by atoms with E-state index >= 15 is 0 Å². The van der Waals surface area contributed by atoms with Gasteiger partial charge in [-0.15, -0.1) is 0 Å². The van der Waals surface area contributed by atoms with Crippen molar-refractivity contribution in [3.8, 4) is 11.3 Å². The Labute approximate surface area is 135 Å². The van der Waals surface area contributed by atoms with Gasteiger partial charge in [0.15, 0.2) is 16.9 Å². The monoisotopic (exact) mass is 319 g/mol. The molecule has 0 aliphatic heterocycles. The molecule has 9 heteroatoms. The lowest BCUT2D eigenvalue weighted by Crippen LogP contribution is -2.15. The maximum absolute atomic E-state index is 4.68. The maximum Gasteiger partial charge on any atom is 0.193 e. The van der Waals surface area contributed by atoms with Gasteiger partial charge in [-0.05, 0) is 12.1 Å². The first kappa shape index (κ1) is 13.0. The number of hydrogen-bond donors (Lipinski definition) is 2. The minimum atomic E-state index is 0.573. The van der Waals surface area contributed by atoms with E-state index in [1.54, 1.807) is 23.3 Å². The number of nitrogens with one attached hydrogen (secondary N) is 2. The number of nitrogens with zero attached hydrogens (tertiary/aromatic N) is 7. The molecule has 118 valence electrons. The van der Waals surface area contributed by atoms with Crippen molar-refractivity contribution >= 4 is 22.3 Å². The number of aryl methyl sites for hydroxylation is 1. The molecule has 9 nitrogen and oxygen atoms in total. The van der Waals surface area contributed by atoms with Crippen molar-refractivity contribution in [1.29, 1.82) is 0 Å². The maximum atomic E-state index is 4.68. The fraction of sp³-hybridized carbons (Fsp3) is 0.133. The predicted molar refractivity (Wildman–Crippen MR) is 87.1 cm³/mol. The van der Waals surface area contributed by atoms with Gasteiger partial charge in [0, 0.05) is 30.4 Å². The van der Waals surface area contributed by atoms with Crippen molar-refractivity contribution < 1.29 is 0 Å². The van der Waals surface area contributed by atoms with E-state index in [0.717, 1.165) is 39.3 Å². The van der Waals surface area contributed by atoms with Crippen molar-refractivity contribution in [3.63, 3.8) is 0 Å². The van der Waals surface area contributed by atoms with Gasteiger partial charge in [-0.2, -0.15) is 10.2 Å². The highest BCUT2D eigenvalue weighted by molar-refractivity contribution is 5.78. The van der Waals surface area contributed by atoms with Gasteiger partial charge in [-0.3, -0.25) is 19.6 Å². The van der Waals surface area contributed by atoms with Crippen LogP contribution in [0.2, 0.25) is 0 Å². The quantitative estimate of drug-likeness (QED) is 0.524. The predicted octanol–water partition coefficient (Wildman–Crippen LogP) is 1.48. The minimum Gasteiger partial charge on any atom is -0.277 e. The van der Waals surface area contributed by atoms with Gasteiger partial charge in [0.25, 0.3) is 0 Å². The Morgan fingerprint density at radius 1 is 1.17 bits per heavy atom. The van der Waals surface area contributed by atoms with Crippen LogP contribution in [-0.2, 0) is 13.6 Å². The summed E-state index contributed by atoms with van der Waals surface area (Å²) in [5.74, 6) is 0. The van der Waals surface area contributed by atoms with E-state index in [4.69, 9.17) is 0 Å². The summed E-state index contributed by atoms with van der Waals surface area (Å²) in [6.07, 6.45) is 7.18. The summed E-state index contributed by atoms with van der Waals surface area (Å²) in [7, 11) is 1.88. The van der Waals surface area contributed by atoms with Gasteiger partial charge in [-0.1, -0.05) is 0 Å². The molecule has 0 fully saturated rings. The fourth-order valence-corrected chi connectivity index (χ4v) is 2.76. The molecule has 0 aliphatic rings. The van der Waals surface area contributed by atoms with Crippen molar-refractivity contribution in [1.82, 2.24) is 44.7 Å². The molecule has 0 atom stereocenters. The average molecular weight is 319 g/mol. The second-order valence-corrected chi connectivity index (χ2v) is 5.60. The highest BCUT2D eigenvalue weighted by Crippen LogP contribution is 2.20. The number of rotatable bonds is 3. The molecule has 0 spiro atoms. The van der Waals surface area contributed by atoms with Crippen molar-refractivity contribution in [2.24, 2.45) is 7.05 Å². The van der Waals surface area contributed by atoms with Gasteiger partial charge in [-0.25, -0.2) is 15.0 Å². The second kappa shape index (κ2) is 4.75. The summed E-state index contributed by atoms with van der Waals surface area (Å²) in [5.41, 5.74) is 4.99. The summed E-state index contributed by atoms with van der Waals surface area (Å²) in [6, 6.07) is 3.90. The third-order valence-corrected chi connectivity index (χ3v) is 3.97. The summed E-state index contributed by atoms with van der Waals surface area (Å²) in [4.78, 5) is 13.3. The van der Waals surface area contributed by atoms with E-state index in [1.807, 2.05) is 30.1 Å². The Hall–Kier alpha value is -3.49. The largest absolute Gasteiger partial charge is 0.277 e. The van der Waals surface area contributed by atoms with Crippen LogP contribution in [0.15, 0.2) is 36.9 Å². The first-order valence-electron chi connectivity index (χ1n) is 7.46. The normalized spacial score (nSPS) is 11.7. The number of H-pyrrole nitrogens is 2. The number of fused-ring (bicyclic) bond motifs is 2. The molecule has 0 saturated carbocycles. The van der Waals surface area contributed by atoms with Crippen LogP contribution in [0.4, 0.5) is 0 Å². The molecule has 5 aromatic rings. The molecule has 0 aliphatic carbocycles. The summed E-state index contributed by atoms with van der Waals surface area (Å²) in [5, 5.41) is 15.6. The van der Waals surface area contributed by atoms with Gasteiger partial charge in [0.2, 0.25) is 0 Å². The Kier molecular flexibility index (Phi) is 2.57. The summed E-state index contributed by atoms with van der Waals surface area (Å²) < 4.78 is 3.67. The van der Waals surface area contributed by atoms with Crippen LogP contribution >= 0.6 is 0 Å². The molecule has 24 heavy (non-hydrogen) atoms. The van der Waals surface area contributed by atoms with E-state index < -0.39 is 0 Å². The van der Waals surface area contributed by atoms with Crippen LogP contribution in [0.3, 0.4) is 0 Å². The van der Waals surface area contributed by atoms with Crippen LogP contribution in [0.25, 0.3) is 33.6 Å². The molecule has 2 N–H and O–H groups in total. The van der Waals surface area contributed by atoms with E-state index in [9.17, 15) is 0 Å². The zero-order valence-corrected chi connectivity index (χ0v) is 12.8. The molecule has 5 aromatic heterocycles. The van der Waals surface area contributed by atoms with E-state index in [1.165, 1.54) is 0 Å². The molecule has 5 rings (SSSR count). The SMILES string of the molecule is Cn1cc(-c2cnc3[nH]n(Cc4n[nH]c5ncccc45)c3n2)cn1. The average Bonchev–Trinajstić information content (AvgIpc) is 3.19. The summed E-state index contributed by atoms with van der Waals surface area (Å²) in [6.45, 7) is 0.573. The van der Waals surface area contributed by atoms with E-state index in [2.05, 4.69) is 35.3 Å². The molecule has 0 unspecified atom stereocenters. The number of aromatic amines is 2. The number of pyridine rings is 1. The standard InChI is InChI=1S/C15H13N9/c1-23-7-9(5-18-23)11-6-17-14-15(19-11)24(22-14)8-12-10-3-2-4-16-13(10)21-20-12/h2-7H,8H2,1H3,(H,17,22)(H,16,20,21). The second-order valence-electron chi connectivity index (χ2n) is 5.60. The van der Waals surface area contributed by atoms with Crippen molar-refractivity contribution in [2.75, 3.05) is 0 Å². The lowest BCUT2D eigenvalue weighted by Gasteiger charge is -2.14. The van der Waals surface area contributed by atoms with Gasteiger partial charge >= 0.3 is 0 Å². The van der Waals surface area contributed by atoms with Gasteiger partial charge < -0.3 is 0 Å². The molecule has 0 radical (unpaired) electrons. The lowest BCUT2D eigenvalue weighted by molar-refractivity contribution is 0.654. The fourth-order valence-electron chi connectivity index (χ4n) is 2.76. The van der Waals surface area contributed by atoms with E-state index in [0.29, 0.717) is 6.54 Å². The number of hydrogen-bond acceptors (Lipinski definition) is 5. The van der Waals surface area contributed by atoms with Gasteiger partial charge in [0.1, 0.15) is 0 Å². The van der Waals surface area contributed by atoms with Gasteiger partial charge in [0.05, 0.1) is 30.3 Å². The Morgan fingerprint density at radius 3 is 3.00 bits per heavy atom.